The number of hydrogen-bond donors (Lipinski definition) is 2. The largest absolute Gasteiger partial charge is 0.507 e. The molecule has 0 spiro atoms. The second-order valence-electron chi connectivity index (χ2n) is 2.96. The van der Waals surface area contributed by atoms with Gasteiger partial charge in [0.05, 0.1) is 3.57 Å². The molecule has 0 bridgehead atoms. The zero-order valence-electron chi connectivity index (χ0n) is 7.98. The van der Waals surface area contributed by atoms with E-state index in [2.05, 4.69) is 10.3 Å². The van der Waals surface area contributed by atoms with E-state index in [9.17, 15) is 9.90 Å². The Hall–Kier alpha value is -1.15. The number of amides is 1. The lowest BCUT2D eigenvalue weighted by Crippen LogP contribution is -2.11. The molecule has 4 nitrogen and oxygen atoms in total. The maximum atomic E-state index is 11.7. The lowest BCUT2D eigenvalue weighted by Gasteiger charge is -2.03. The molecule has 0 aliphatic rings. The Labute approximate surface area is 109 Å². The number of hydrogen-bond acceptors (Lipinski definition) is 4. The molecule has 0 aliphatic heterocycles. The van der Waals surface area contributed by atoms with Crippen LogP contribution in [0.2, 0.25) is 0 Å². The highest BCUT2D eigenvalue weighted by atomic mass is 127. The molecule has 0 fully saturated rings. The monoisotopic (exact) mass is 346 g/mol. The van der Waals surface area contributed by atoms with Crippen LogP contribution in [0.25, 0.3) is 0 Å². The van der Waals surface area contributed by atoms with Gasteiger partial charge in [0.15, 0.2) is 5.13 Å². The van der Waals surface area contributed by atoms with Gasteiger partial charge in [0, 0.05) is 17.1 Å². The fraction of sp³-hybridized carbons (Fsp3) is 0. The number of nitrogens with one attached hydrogen (secondary N) is 1. The molecule has 0 atom stereocenters. The third kappa shape index (κ3) is 2.50. The van der Waals surface area contributed by atoms with E-state index in [4.69, 9.17) is 0 Å². The second kappa shape index (κ2) is 4.79. The van der Waals surface area contributed by atoms with Crippen molar-refractivity contribution >= 4 is 45.0 Å². The highest BCUT2D eigenvalue weighted by Gasteiger charge is 2.09. The van der Waals surface area contributed by atoms with E-state index >= 15 is 0 Å². The number of rotatable bonds is 2. The number of carbonyl (C=O) groups excluding carboxylic acids is 1. The standard InChI is InChI=1S/C10H7IN2O2S/c11-7-2-1-6(5-8(7)14)9(15)13-10-12-3-4-16-10/h1-5,14H,(H,12,13,15). The minimum absolute atomic E-state index is 0.104. The van der Waals surface area contributed by atoms with Crippen LogP contribution in [0.15, 0.2) is 29.8 Å². The minimum atomic E-state index is -0.276. The molecule has 1 amide bonds. The van der Waals surface area contributed by atoms with Gasteiger partial charge in [0.25, 0.3) is 5.91 Å². The van der Waals surface area contributed by atoms with Crippen LogP contribution >= 0.6 is 33.9 Å². The Kier molecular flexibility index (Phi) is 3.39. The van der Waals surface area contributed by atoms with E-state index in [-0.39, 0.29) is 11.7 Å². The van der Waals surface area contributed by atoms with E-state index in [1.807, 2.05) is 22.6 Å². The topological polar surface area (TPSA) is 62.2 Å². The highest BCUT2D eigenvalue weighted by molar-refractivity contribution is 14.1. The van der Waals surface area contributed by atoms with Gasteiger partial charge in [-0.1, -0.05) is 0 Å². The van der Waals surface area contributed by atoms with Crippen molar-refractivity contribution in [1.29, 1.82) is 0 Å². The van der Waals surface area contributed by atoms with Gasteiger partial charge in [-0.3, -0.25) is 10.1 Å². The molecule has 2 N–H and O–H groups in total. The number of halogens is 1. The Balaban J connectivity index is 2.18. The molecule has 2 aromatic rings. The van der Waals surface area contributed by atoms with Crippen molar-refractivity contribution < 1.29 is 9.90 Å². The molecule has 0 saturated heterocycles. The predicted molar refractivity (Wildman–Crippen MR) is 70.9 cm³/mol. The van der Waals surface area contributed by atoms with Crippen molar-refractivity contribution in [1.82, 2.24) is 4.98 Å². The second-order valence-corrected chi connectivity index (χ2v) is 5.01. The Bertz CT molecular complexity index is 514. The average Bonchev–Trinajstić information content (AvgIpc) is 2.74. The molecular formula is C10H7IN2O2S. The Morgan fingerprint density at radius 3 is 2.94 bits per heavy atom. The molecule has 16 heavy (non-hydrogen) atoms. The first-order chi connectivity index (χ1) is 7.66. The summed E-state index contributed by atoms with van der Waals surface area (Å²) in [5, 5.41) is 14.4. The van der Waals surface area contributed by atoms with Crippen LogP contribution in [0, 0.1) is 3.57 Å². The zero-order valence-corrected chi connectivity index (χ0v) is 10.9. The maximum Gasteiger partial charge on any atom is 0.257 e. The van der Waals surface area contributed by atoms with E-state index in [0.29, 0.717) is 14.3 Å². The van der Waals surface area contributed by atoms with Gasteiger partial charge < -0.3 is 5.11 Å². The maximum absolute atomic E-state index is 11.7. The summed E-state index contributed by atoms with van der Waals surface area (Å²) in [4.78, 5) is 15.7. The summed E-state index contributed by atoms with van der Waals surface area (Å²) >= 11 is 3.34. The molecule has 1 heterocycles. The van der Waals surface area contributed by atoms with Crippen LogP contribution in [0.4, 0.5) is 5.13 Å². The number of benzene rings is 1. The summed E-state index contributed by atoms with van der Waals surface area (Å²) in [6.45, 7) is 0. The van der Waals surface area contributed by atoms with E-state index < -0.39 is 0 Å². The van der Waals surface area contributed by atoms with Crippen LogP contribution in [-0.4, -0.2) is 16.0 Å². The molecule has 6 heteroatoms. The van der Waals surface area contributed by atoms with Crippen LogP contribution in [-0.2, 0) is 0 Å². The van der Waals surface area contributed by atoms with Gasteiger partial charge in [-0.15, -0.1) is 11.3 Å². The third-order valence-corrected chi connectivity index (χ3v) is 3.46. The van der Waals surface area contributed by atoms with Crippen LogP contribution in [0.3, 0.4) is 0 Å². The molecule has 0 radical (unpaired) electrons. The first-order valence-electron chi connectivity index (χ1n) is 4.36. The fourth-order valence-electron chi connectivity index (χ4n) is 1.11. The molecular weight excluding hydrogens is 339 g/mol. The van der Waals surface area contributed by atoms with Gasteiger partial charge >= 0.3 is 0 Å². The summed E-state index contributed by atoms with van der Waals surface area (Å²) in [5.41, 5.74) is 0.410. The van der Waals surface area contributed by atoms with E-state index in [1.165, 1.54) is 17.4 Å². The fourth-order valence-corrected chi connectivity index (χ4v) is 1.97. The van der Waals surface area contributed by atoms with Gasteiger partial charge in [-0.2, -0.15) is 0 Å². The summed E-state index contributed by atoms with van der Waals surface area (Å²) in [7, 11) is 0. The van der Waals surface area contributed by atoms with Gasteiger partial charge in [-0.05, 0) is 40.8 Å². The number of thiazole rings is 1. The number of aromatic nitrogens is 1. The first kappa shape index (κ1) is 11.3. The zero-order chi connectivity index (χ0) is 11.5. The van der Waals surface area contributed by atoms with Crippen LogP contribution < -0.4 is 5.32 Å². The number of aromatic hydroxyl groups is 1. The lowest BCUT2D eigenvalue weighted by atomic mass is 10.2. The molecule has 0 saturated carbocycles. The summed E-state index contributed by atoms with van der Waals surface area (Å²) in [6, 6.07) is 4.78. The van der Waals surface area contributed by atoms with Crippen molar-refractivity contribution in [2.45, 2.75) is 0 Å². The molecule has 2 rings (SSSR count). The summed E-state index contributed by atoms with van der Waals surface area (Å²) in [5.74, 6) is -0.172. The molecule has 82 valence electrons. The van der Waals surface area contributed by atoms with E-state index in [0.717, 1.165) is 0 Å². The molecule has 0 unspecified atom stereocenters. The third-order valence-electron chi connectivity index (χ3n) is 1.86. The Morgan fingerprint density at radius 1 is 1.50 bits per heavy atom. The number of phenols is 1. The smallest absolute Gasteiger partial charge is 0.257 e. The number of anilines is 1. The molecule has 1 aromatic heterocycles. The van der Waals surface area contributed by atoms with Crippen molar-refractivity contribution in [2.75, 3.05) is 5.32 Å². The number of nitrogens with zero attached hydrogens (tertiary/aromatic N) is 1. The van der Waals surface area contributed by atoms with Crippen molar-refractivity contribution in [3.05, 3.63) is 38.9 Å². The predicted octanol–water partition coefficient (Wildman–Crippen LogP) is 2.71. The molecule has 1 aromatic carbocycles. The summed E-state index contributed by atoms with van der Waals surface area (Å²) < 4.78 is 0.711. The normalized spacial score (nSPS) is 10.1. The van der Waals surface area contributed by atoms with Gasteiger partial charge in [0.2, 0.25) is 0 Å². The minimum Gasteiger partial charge on any atom is -0.507 e. The lowest BCUT2D eigenvalue weighted by molar-refractivity contribution is 0.102. The van der Waals surface area contributed by atoms with Gasteiger partial charge in [0.1, 0.15) is 5.75 Å². The quantitative estimate of drug-likeness (QED) is 0.822. The van der Waals surface area contributed by atoms with Gasteiger partial charge in [-0.25, -0.2) is 4.98 Å². The van der Waals surface area contributed by atoms with Crippen LogP contribution in [0.5, 0.6) is 5.75 Å². The SMILES string of the molecule is O=C(Nc1nccs1)c1ccc(I)c(O)c1. The highest BCUT2D eigenvalue weighted by Crippen LogP contribution is 2.21. The van der Waals surface area contributed by atoms with Crippen molar-refractivity contribution in [3.63, 3.8) is 0 Å². The number of carbonyl (C=O) groups is 1. The number of phenolic OH excluding ortho intramolecular Hbond substituents is 1. The van der Waals surface area contributed by atoms with Crippen molar-refractivity contribution in [3.8, 4) is 5.75 Å². The van der Waals surface area contributed by atoms with E-state index in [1.54, 1.807) is 23.7 Å². The van der Waals surface area contributed by atoms with Crippen LogP contribution in [0.1, 0.15) is 10.4 Å². The van der Waals surface area contributed by atoms with Crippen molar-refractivity contribution in [2.24, 2.45) is 0 Å². The average molecular weight is 346 g/mol. The molecule has 0 aliphatic carbocycles. The first-order valence-corrected chi connectivity index (χ1v) is 6.32. The Morgan fingerprint density at radius 2 is 2.31 bits per heavy atom. The summed E-state index contributed by atoms with van der Waals surface area (Å²) in [6.07, 6.45) is 1.62.